The third-order valence-electron chi connectivity index (χ3n) is 4.49. The number of nitrogens with two attached hydrogens (primary N) is 1. The van der Waals surface area contributed by atoms with Crippen LogP contribution >= 0.6 is 0 Å². The second kappa shape index (κ2) is 8.13. The van der Waals surface area contributed by atoms with Crippen LogP contribution < -0.4 is 16.0 Å². The highest BCUT2D eigenvalue weighted by Crippen LogP contribution is 2.26. The molecule has 1 unspecified atom stereocenters. The first-order chi connectivity index (χ1) is 12.2. The molecule has 7 nitrogen and oxygen atoms in total. The topological polar surface area (TPSA) is 108 Å². The Bertz CT molecular complexity index is 692. The number of anilines is 3. The van der Waals surface area contributed by atoms with Crippen LogP contribution in [0, 0.1) is 5.92 Å². The minimum atomic E-state index is 0.0418. The summed E-state index contributed by atoms with van der Waals surface area (Å²) in [6.45, 7) is 2.43. The molecule has 1 fully saturated rings. The summed E-state index contributed by atoms with van der Waals surface area (Å²) in [5.41, 5.74) is 8.04. The predicted molar refractivity (Wildman–Crippen MR) is 98.4 cm³/mol. The number of aliphatic hydroxyl groups is 2. The molecule has 0 aliphatic carbocycles. The monoisotopic (exact) mass is 343 g/mol. The molecule has 134 valence electrons. The van der Waals surface area contributed by atoms with E-state index in [1.54, 1.807) is 0 Å². The third kappa shape index (κ3) is 4.58. The SMILES string of the molecule is Nc1nc(NCCO)cc(N2CCC(Cc3ccc(CO)cc3)C2)n1. The standard InChI is InChI=1S/C18H25N5O2/c19-18-21-16(20-6-8-24)10-17(22-18)23-7-5-15(11-23)9-13-1-3-14(12-25)4-2-13/h1-4,10,15,24-25H,5-9,11-12H2,(H3,19,20,21,22). The molecule has 0 radical (unpaired) electrons. The number of nitrogen functional groups attached to an aromatic ring is 1. The summed E-state index contributed by atoms with van der Waals surface area (Å²) in [4.78, 5) is 10.7. The average molecular weight is 343 g/mol. The number of aliphatic hydroxyl groups excluding tert-OH is 2. The van der Waals surface area contributed by atoms with Crippen molar-refractivity contribution in [1.82, 2.24) is 9.97 Å². The van der Waals surface area contributed by atoms with Crippen LogP contribution in [-0.4, -0.2) is 46.4 Å². The second-order valence-corrected chi connectivity index (χ2v) is 6.40. The van der Waals surface area contributed by atoms with Crippen LogP contribution in [0.3, 0.4) is 0 Å². The minimum Gasteiger partial charge on any atom is -0.395 e. The smallest absolute Gasteiger partial charge is 0.223 e. The van der Waals surface area contributed by atoms with E-state index in [-0.39, 0.29) is 19.2 Å². The van der Waals surface area contributed by atoms with Crippen LogP contribution in [0.4, 0.5) is 17.6 Å². The van der Waals surface area contributed by atoms with Gasteiger partial charge in [-0.05, 0) is 29.9 Å². The van der Waals surface area contributed by atoms with Crippen molar-refractivity contribution in [3.63, 3.8) is 0 Å². The van der Waals surface area contributed by atoms with Gasteiger partial charge in [0.05, 0.1) is 13.2 Å². The van der Waals surface area contributed by atoms with Crippen molar-refractivity contribution in [1.29, 1.82) is 0 Å². The van der Waals surface area contributed by atoms with E-state index >= 15 is 0 Å². The van der Waals surface area contributed by atoms with Gasteiger partial charge in [0.25, 0.3) is 0 Å². The van der Waals surface area contributed by atoms with Crippen molar-refractivity contribution in [2.75, 3.05) is 42.2 Å². The molecule has 0 bridgehead atoms. The Morgan fingerprint density at radius 1 is 1.16 bits per heavy atom. The van der Waals surface area contributed by atoms with E-state index in [9.17, 15) is 0 Å². The molecule has 3 rings (SSSR count). The predicted octanol–water partition coefficient (Wildman–Crippen LogP) is 1.02. The van der Waals surface area contributed by atoms with Crippen molar-refractivity contribution in [3.8, 4) is 0 Å². The molecule has 0 saturated carbocycles. The lowest BCUT2D eigenvalue weighted by Crippen LogP contribution is -2.22. The van der Waals surface area contributed by atoms with Gasteiger partial charge in [0.2, 0.25) is 5.95 Å². The maximum absolute atomic E-state index is 9.12. The lowest BCUT2D eigenvalue weighted by atomic mass is 9.98. The summed E-state index contributed by atoms with van der Waals surface area (Å²) in [6.07, 6.45) is 2.11. The number of nitrogens with one attached hydrogen (secondary N) is 1. The van der Waals surface area contributed by atoms with Crippen molar-refractivity contribution in [3.05, 3.63) is 41.5 Å². The van der Waals surface area contributed by atoms with Crippen LogP contribution in [0.1, 0.15) is 17.5 Å². The van der Waals surface area contributed by atoms with Gasteiger partial charge in [0.1, 0.15) is 11.6 Å². The Morgan fingerprint density at radius 3 is 2.64 bits per heavy atom. The molecule has 1 aromatic carbocycles. The first kappa shape index (κ1) is 17.4. The van der Waals surface area contributed by atoms with Crippen LogP contribution in [-0.2, 0) is 13.0 Å². The minimum absolute atomic E-state index is 0.0418. The summed E-state index contributed by atoms with van der Waals surface area (Å²) in [6, 6.07) is 10.0. The van der Waals surface area contributed by atoms with Gasteiger partial charge in [-0.3, -0.25) is 0 Å². The number of rotatable bonds is 7. The Kier molecular flexibility index (Phi) is 5.67. The summed E-state index contributed by atoms with van der Waals surface area (Å²) >= 11 is 0. The normalized spacial score (nSPS) is 17.0. The highest BCUT2D eigenvalue weighted by molar-refractivity contribution is 5.53. The maximum atomic E-state index is 9.12. The van der Waals surface area contributed by atoms with Gasteiger partial charge in [-0.2, -0.15) is 9.97 Å². The van der Waals surface area contributed by atoms with E-state index in [4.69, 9.17) is 15.9 Å². The maximum Gasteiger partial charge on any atom is 0.223 e. The van der Waals surface area contributed by atoms with Crippen molar-refractivity contribution in [2.24, 2.45) is 5.92 Å². The highest BCUT2D eigenvalue weighted by atomic mass is 16.3. The second-order valence-electron chi connectivity index (χ2n) is 6.40. The zero-order valence-electron chi connectivity index (χ0n) is 14.2. The van der Waals surface area contributed by atoms with E-state index in [0.29, 0.717) is 18.3 Å². The Hall–Kier alpha value is -2.38. The summed E-state index contributed by atoms with van der Waals surface area (Å²) in [5, 5.41) is 21.1. The molecule has 25 heavy (non-hydrogen) atoms. The van der Waals surface area contributed by atoms with E-state index < -0.39 is 0 Å². The molecule has 1 saturated heterocycles. The highest BCUT2D eigenvalue weighted by Gasteiger charge is 2.24. The molecule has 0 spiro atoms. The molecule has 7 heteroatoms. The Morgan fingerprint density at radius 2 is 1.92 bits per heavy atom. The van der Waals surface area contributed by atoms with Crippen molar-refractivity contribution < 1.29 is 10.2 Å². The van der Waals surface area contributed by atoms with Gasteiger partial charge < -0.3 is 26.2 Å². The molecule has 1 atom stereocenters. The summed E-state index contributed by atoms with van der Waals surface area (Å²) in [7, 11) is 0. The summed E-state index contributed by atoms with van der Waals surface area (Å²) in [5.74, 6) is 2.26. The molecule has 5 N–H and O–H groups in total. The fourth-order valence-corrected chi connectivity index (χ4v) is 3.21. The molecular weight excluding hydrogens is 318 g/mol. The van der Waals surface area contributed by atoms with Crippen LogP contribution in [0.25, 0.3) is 0 Å². The average Bonchev–Trinajstić information content (AvgIpc) is 3.09. The summed E-state index contributed by atoms with van der Waals surface area (Å²) < 4.78 is 0. The van der Waals surface area contributed by atoms with Gasteiger partial charge in [0, 0.05) is 25.7 Å². The first-order valence-electron chi connectivity index (χ1n) is 8.61. The van der Waals surface area contributed by atoms with Gasteiger partial charge in [-0.15, -0.1) is 0 Å². The number of hydrogen-bond donors (Lipinski definition) is 4. The molecule has 1 aromatic heterocycles. The van der Waals surface area contributed by atoms with E-state index in [0.717, 1.165) is 37.3 Å². The van der Waals surface area contributed by atoms with Gasteiger partial charge in [-0.25, -0.2) is 0 Å². The third-order valence-corrected chi connectivity index (χ3v) is 4.49. The fraction of sp³-hybridized carbons (Fsp3) is 0.444. The van der Waals surface area contributed by atoms with E-state index in [1.165, 1.54) is 5.56 Å². The van der Waals surface area contributed by atoms with Crippen LogP contribution in [0.5, 0.6) is 0 Å². The first-order valence-corrected chi connectivity index (χ1v) is 8.61. The number of benzene rings is 1. The molecular formula is C18H25N5O2. The lowest BCUT2D eigenvalue weighted by molar-refractivity contribution is 0.282. The molecule has 1 aliphatic heterocycles. The molecule has 1 aliphatic rings. The van der Waals surface area contributed by atoms with Crippen molar-refractivity contribution in [2.45, 2.75) is 19.4 Å². The zero-order valence-corrected chi connectivity index (χ0v) is 14.2. The molecule has 2 aromatic rings. The van der Waals surface area contributed by atoms with E-state index in [2.05, 4.69) is 32.3 Å². The van der Waals surface area contributed by atoms with Crippen molar-refractivity contribution >= 4 is 17.6 Å². The van der Waals surface area contributed by atoms with Gasteiger partial charge in [0.15, 0.2) is 0 Å². The largest absolute Gasteiger partial charge is 0.395 e. The quantitative estimate of drug-likeness (QED) is 0.594. The van der Waals surface area contributed by atoms with Crippen LogP contribution in [0.15, 0.2) is 30.3 Å². The number of nitrogens with zero attached hydrogens (tertiary/aromatic N) is 3. The van der Waals surface area contributed by atoms with Gasteiger partial charge in [-0.1, -0.05) is 24.3 Å². The zero-order chi connectivity index (χ0) is 17.6. The Labute approximate surface area is 147 Å². The number of hydrogen-bond acceptors (Lipinski definition) is 7. The fourth-order valence-electron chi connectivity index (χ4n) is 3.21. The Balaban J connectivity index is 1.62. The van der Waals surface area contributed by atoms with E-state index in [1.807, 2.05) is 18.2 Å². The lowest BCUT2D eigenvalue weighted by Gasteiger charge is -2.19. The number of aromatic nitrogens is 2. The van der Waals surface area contributed by atoms with Crippen LogP contribution in [0.2, 0.25) is 0 Å². The molecule has 0 amide bonds. The molecule has 2 heterocycles. The van der Waals surface area contributed by atoms with Gasteiger partial charge >= 0.3 is 0 Å².